The average Bonchev–Trinajstić information content (AvgIpc) is 2.59. The second-order valence-corrected chi connectivity index (χ2v) is 12.0. The topological polar surface area (TPSA) is 17.1 Å². The fourth-order valence-corrected chi connectivity index (χ4v) is 10.2. The average molecular weight is 348 g/mol. The van der Waals surface area contributed by atoms with Crippen LogP contribution in [0.5, 0.6) is 0 Å². The number of hydrogen-bond donors (Lipinski definition) is 1. The predicted octanol–water partition coefficient (Wildman–Crippen LogP) is 6.10. The van der Waals surface area contributed by atoms with Gasteiger partial charge in [-0.3, -0.25) is 0 Å². The third-order valence-corrected chi connectivity index (χ3v) is 12.0. The number of halogens is 2. The van der Waals surface area contributed by atoms with Gasteiger partial charge >= 0.3 is 5.52 Å². The van der Waals surface area contributed by atoms with Crippen molar-refractivity contribution in [3.63, 3.8) is 0 Å². The van der Waals surface area contributed by atoms with E-state index in [0.717, 1.165) is 25.7 Å². The molecule has 2 heterocycles. The molecular formula is C15H18Cl2OPS+. The first kappa shape index (κ1) is 15.2. The van der Waals surface area contributed by atoms with Crippen molar-refractivity contribution in [2.45, 2.75) is 49.8 Å². The van der Waals surface area contributed by atoms with Crippen LogP contribution in [0.15, 0.2) is 18.2 Å². The van der Waals surface area contributed by atoms with Crippen LogP contribution in [0.2, 0.25) is 10.0 Å². The molecule has 2 unspecified atom stereocenters. The Balaban J connectivity index is 2.05. The van der Waals surface area contributed by atoms with Gasteiger partial charge in [-0.05, 0) is 50.7 Å². The van der Waals surface area contributed by atoms with Crippen LogP contribution in [-0.2, 0) is 0 Å². The SMILES string of the molecule is O=C(c1c(Cl)cccc1Cl)[P+]1(S)C2CCCCC1CC2. The summed E-state index contributed by atoms with van der Waals surface area (Å²) in [6.45, 7) is -1.96. The van der Waals surface area contributed by atoms with E-state index in [9.17, 15) is 4.79 Å². The zero-order chi connectivity index (χ0) is 14.3. The Hall–Kier alpha value is 0.250. The summed E-state index contributed by atoms with van der Waals surface area (Å²) < 4.78 is 0. The number of rotatable bonds is 2. The van der Waals surface area contributed by atoms with E-state index in [1.807, 2.05) is 0 Å². The van der Waals surface area contributed by atoms with Crippen LogP contribution >= 0.6 is 41.9 Å². The minimum absolute atomic E-state index is 0.144. The van der Waals surface area contributed by atoms with Crippen LogP contribution in [0.1, 0.15) is 48.9 Å². The Bertz CT molecular complexity index is 514. The van der Waals surface area contributed by atoms with Crippen LogP contribution in [-0.4, -0.2) is 16.8 Å². The van der Waals surface area contributed by atoms with Crippen LogP contribution < -0.4 is 0 Å². The molecule has 0 N–H and O–H groups in total. The number of fused-ring (bicyclic) bond motifs is 2. The van der Waals surface area contributed by atoms with Gasteiger partial charge in [-0.2, -0.15) is 0 Å². The highest BCUT2D eigenvalue weighted by atomic mass is 35.5. The molecule has 2 saturated heterocycles. The van der Waals surface area contributed by atoms with Gasteiger partial charge in [0.25, 0.3) is 0 Å². The molecular weight excluding hydrogens is 330 g/mol. The monoisotopic (exact) mass is 347 g/mol. The molecule has 0 radical (unpaired) electrons. The maximum Gasteiger partial charge on any atom is 0.312 e. The fraction of sp³-hybridized carbons (Fsp3) is 0.533. The maximum absolute atomic E-state index is 13.2. The Morgan fingerprint density at radius 3 is 2.05 bits per heavy atom. The van der Waals surface area contributed by atoms with Gasteiger partial charge in [-0.1, -0.05) is 29.3 Å². The zero-order valence-electron chi connectivity index (χ0n) is 11.2. The van der Waals surface area contributed by atoms with E-state index in [0.29, 0.717) is 26.9 Å². The molecule has 2 fully saturated rings. The van der Waals surface area contributed by atoms with Gasteiger partial charge in [0.2, 0.25) is 0 Å². The molecule has 1 aromatic carbocycles. The van der Waals surface area contributed by atoms with Crippen molar-refractivity contribution in [1.82, 2.24) is 0 Å². The molecule has 0 saturated carbocycles. The predicted molar refractivity (Wildman–Crippen MR) is 92.0 cm³/mol. The normalized spacial score (nSPS) is 33.0. The number of thiol groups is 1. The summed E-state index contributed by atoms with van der Waals surface area (Å²) >= 11 is 17.5. The molecule has 2 bridgehead atoms. The third kappa shape index (κ3) is 2.33. The molecule has 1 aromatic rings. The lowest BCUT2D eigenvalue weighted by Gasteiger charge is -2.25. The highest BCUT2D eigenvalue weighted by Crippen LogP contribution is 2.80. The Labute approximate surface area is 135 Å². The summed E-state index contributed by atoms with van der Waals surface area (Å²) in [5.74, 6) is 0. The zero-order valence-corrected chi connectivity index (χ0v) is 14.5. The highest BCUT2D eigenvalue weighted by molar-refractivity contribution is 8.59. The van der Waals surface area contributed by atoms with Gasteiger partial charge in [-0.15, -0.1) is 0 Å². The van der Waals surface area contributed by atoms with Crippen LogP contribution in [0, 0.1) is 0 Å². The van der Waals surface area contributed by atoms with E-state index in [-0.39, 0.29) is 5.52 Å². The van der Waals surface area contributed by atoms with E-state index in [2.05, 4.69) is 0 Å². The standard InChI is InChI=1S/C15H18Cl2OPS/c16-12-6-3-7-13(17)14(12)15(18)19(20)10-4-1-2-5-11(19)9-8-10/h3,6-7,10-11,20H,1-2,4-5,8-9H2/q+1. The smallest absolute Gasteiger partial charge is 0.246 e. The number of benzene rings is 1. The first-order chi connectivity index (χ1) is 9.55. The summed E-state index contributed by atoms with van der Waals surface area (Å²) in [6, 6.07) is 5.29. The summed E-state index contributed by atoms with van der Waals surface area (Å²) in [4.78, 5) is 13.2. The van der Waals surface area contributed by atoms with Gasteiger partial charge in [0.15, 0.2) is 6.46 Å². The molecule has 0 aromatic heterocycles. The molecule has 0 spiro atoms. The largest absolute Gasteiger partial charge is 0.312 e. The quantitative estimate of drug-likeness (QED) is 0.505. The minimum Gasteiger partial charge on any atom is -0.246 e. The lowest BCUT2D eigenvalue weighted by molar-refractivity contribution is 0.108. The van der Waals surface area contributed by atoms with E-state index in [4.69, 9.17) is 35.5 Å². The van der Waals surface area contributed by atoms with Crippen molar-refractivity contribution in [3.8, 4) is 0 Å². The first-order valence-corrected chi connectivity index (χ1v) is 11.0. The molecule has 2 aliphatic rings. The third-order valence-electron chi connectivity index (χ3n) is 4.77. The van der Waals surface area contributed by atoms with Gasteiger partial charge in [0, 0.05) is 12.2 Å². The fourth-order valence-electron chi connectivity index (χ4n) is 3.73. The first-order valence-electron chi connectivity index (χ1n) is 7.15. The van der Waals surface area contributed by atoms with E-state index >= 15 is 0 Å². The molecule has 20 heavy (non-hydrogen) atoms. The van der Waals surface area contributed by atoms with Crippen molar-refractivity contribution in [3.05, 3.63) is 33.8 Å². The molecule has 108 valence electrons. The van der Waals surface area contributed by atoms with E-state index in [1.54, 1.807) is 18.2 Å². The Morgan fingerprint density at radius 1 is 1.05 bits per heavy atom. The van der Waals surface area contributed by atoms with Gasteiger partial charge in [-0.25, -0.2) is 4.79 Å². The van der Waals surface area contributed by atoms with Crippen molar-refractivity contribution in [2.75, 3.05) is 0 Å². The molecule has 2 aliphatic heterocycles. The molecule has 3 rings (SSSR count). The van der Waals surface area contributed by atoms with Crippen molar-refractivity contribution in [1.29, 1.82) is 0 Å². The second-order valence-electron chi connectivity index (χ2n) is 5.81. The minimum atomic E-state index is -1.96. The molecule has 2 atom stereocenters. The van der Waals surface area contributed by atoms with Gasteiger partial charge < -0.3 is 0 Å². The van der Waals surface area contributed by atoms with Crippen LogP contribution in [0.4, 0.5) is 0 Å². The van der Waals surface area contributed by atoms with E-state index in [1.165, 1.54) is 12.8 Å². The van der Waals surface area contributed by atoms with Crippen molar-refractivity contribution < 1.29 is 4.79 Å². The number of carbonyl (C=O) groups is 1. The van der Waals surface area contributed by atoms with Crippen molar-refractivity contribution >= 4 is 47.4 Å². The maximum atomic E-state index is 13.2. The Kier molecular flexibility index (Phi) is 4.40. The van der Waals surface area contributed by atoms with Gasteiger partial charge in [0.1, 0.15) is 0 Å². The van der Waals surface area contributed by atoms with Gasteiger partial charge in [0.05, 0.1) is 26.9 Å². The second kappa shape index (κ2) is 5.80. The highest BCUT2D eigenvalue weighted by Gasteiger charge is 2.61. The molecule has 5 heteroatoms. The van der Waals surface area contributed by atoms with Crippen LogP contribution in [0.25, 0.3) is 0 Å². The van der Waals surface area contributed by atoms with Crippen LogP contribution in [0.3, 0.4) is 0 Å². The lowest BCUT2D eigenvalue weighted by Crippen LogP contribution is -2.17. The molecule has 0 aliphatic carbocycles. The van der Waals surface area contributed by atoms with E-state index < -0.39 is 6.46 Å². The summed E-state index contributed by atoms with van der Waals surface area (Å²) in [5.41, 5.74) is 1.60. The molecule has 1 nitrogen and oxygen atoms in total. The lowest BCUT2D eigenvalue weighted by atomic mass is 10.0. The summed E-state index contributed by atoms with van der Waals surface area (Å²) in [6.07, 6.45) is 7.04. The van der Waals surface area contributed by atoms with Crippen molar-refractivity contribution in [2.24, 2.45) is 0 Å². The summed E-state index contributed by atoms with van der Waals surface area (Å²) in [7, 11) is 0. The Morgan fingerprint density at radius 2 is 1.55 bits per heavy atom. The molecule has 0 amide bonds. The summed E-state index contributed by atoms with van der Waals surface area (Å²) in [5, 5.41) is 0.944. The number of carbonyl (C=O) groups excluding carboxylic acids is 1. The number of hydrogen-bond acceptors (Lipinski definition) is 2.